The zero-order valence-corrected chi connectivity index (χ0v) is 23.0. The molecule has 1 saturated carbocycles. The summed E-state index contributed by atoms with van der Waals surface area (Å²) in [5, 5.41) is 23.4. The lowest BCUT2D eigenvalue weighted by molar-refractivity contribution is -0.139. The van der Waals surface area contributed by atoms with E-state index in [4.69, 9.17) is 9.47 Å². The fourth-order valence-electron chi connectivity index (χ4n) is 4.62. The fraction of sp³-hybridized carbons (Fsp3) is 0.429. The number of carbonyl (C=O) groups excluding carboxylic acids is 2. The van der Waals surface area contributed by atoms with Gasteiger partial charge >= 0.3 is 0 Å². The number of amides is 2. The van der Waals surface area contributed by atoms with Crippen molar-refractivity contribution in [3.63, 3.8) is 0 Å². The third-order valence-electron chi connectivity index (χ3n) is 6.74. The number of ether oxygens (including phenoxy) is 2. The number of hydrogen-bond donors (Lipinski definition) is 3. The number of rotatable bonds is 11. The van der Waals surface area contributed by atoms with Crippen LogP contribution in [0.4, 0.5) is 0 Å². The molecule has 198 valence electrons. The number of hydrogen-bond acceptors (Lipinski definition) is 6. The van der Waals surface area contributed by atoms with Gasteiger partial charge in [0.05, 0.1) is 23.3 Å². The van der Waals surface area contributed by atoms with E-state index >= 15 is 0 Å². The van der Waals surface area contributed by atoms with E-state index in [1.807, 2.05) is 48.5 Å². The number of carbonyl (C=O) groups is 2. The monoisotopic (exact) mass is 620 g/mol. The van der Waals surface area contributed by atoms with Gasteiger partial charge in [-0.3, -0.25) is 9.59 Å². The van der Waals surface area contributed by atoms with Gasteiger partial charge in [-0.15, -0.1) is 0 Å². The van der Waals surface area contributed by atoms with Crippen molar-refractivity contribution in [2.45, 2.75) is 43.9 Å². The smallest absolute Gasteiger partial charge is 0.247 e. The summed E-state index contributed by atoms with van der Waals surface area (Å²) in [6.45, 7) is 0.307. The molecule has 3 unspecified atom stereocenters. The third-order valence-corrected chi connectivity index (χ3v) is 7.63. The molecule has 3 N–H and O–H groups in total. The summed E-state index contributed by atoms with van der Waals surface area (Å²) >= 11 is 2.16. The summed E-state index contributed by atoms with van der Waals surface area (Å²) in [7, 11) is 1.62. The maximum Gasteiger partial charge on any atom is 0.247 e. The second-order valence-electron chi connectivity index (χ2n) is 9.31. The summed E-state index contributed by atoms with van der Waals surface area (Å²) in [5.41, 5.74) is 1.39. The maximum atomic E-state index is 13.5. The summed E-state index contributed by atoms with van der Waals surface area (Å²) in [6, 6.07) is 14.5. The van der Waals surface area contributed by atoms with E-state index in [0.29, 0.717) is 24.3 Å². The molecule has 37 heavy (non-hydrogen) atoms. The van der Waals surface area contributed by atoms with Crippen molar-refractivity contribution in [3.8, 4) is 11.5 Å². The van der Waals surface area contributed by atoms with Gasteiger partial charge in [0.1, 0.15) is 23.7 Å². The van der Waals surface area contributed by atoms with Gasteiger partial charge in [-0.05, 0) is 71.7 Å². The van der Waals surface area contributed by atoms with Crippen molar-refractivity contribution in [1.82, 2.24) is 10.2 Å². The topological polar surface area (TPSA) is 108 Å². The number of nitrogens with one attached hydrogen (secondary N) is 1. The van der Waals surface area contributed by atoms with E-state index in [-0.39, 0.29) is 37.3 Å². The van der Waals surface area contributed by atoms with E-state index < -0.39 is 18.2 Å². The minimum absolute atomic E-state index is 0.0102. The van der Waals surface area contributed by atoms with E-state index in [9.17, 15) is 19.8 Å². The van der Waals surface area contributed by atoms with Gasteiger partial charge in [-0.1, -0.05) is 30.3 Å². The van der Waals surface area contributed by atoms with Crippen molar-refractivity contribution in [1.29, 1.82) is 0 Å². The Morgan fingerprint density at radius 2 is 1.81 bits per heavy atom. The molecule has 1 fully saturated rings. The molecule has 0 spiro atoms. The zero-order chi connectivity index (χ0) is 26.4. The van der Waals surface area contributed by atoms with Crippen LogP contribution in [-0.2, 0) is 16.0 Å². The van der Waals surface area contributed by atoms with Crippen LogP contribution < -0.4 is 14.8 Å². The number of methoxy groups -OCH3 is 1. The van der Waals surface area contributed by atoms with Gasteiger partial charge in [0.2, 0.25) is 11.8 Å². The molecule has 0 bridgehead atoms. The Balaban J connectivity index is 1.63. The van der Waals surface area contributed by atoms with Gasteiger partial charge < -0.3 is 29.9 Å². The molecule has 9 heteroatoms. The lowest BCUT2D eigenvalue weighted by Crippen LogP contribution is -2.56. The van der Waals surface area contributed by atoms with Crippen LogP contribution in [0, 0.1) is 9.49 Å². The van der Waals surface area contributed by atoms with E-state index in [0.717, 1.165) is 27.7 Å². The van der Waals surface area contributed by atoms with Crippen LogP contribution in [0.5, 0.6) is 11.5 Å². The predicted molar refractivity (Wildman–Crippen MR) is 147 cm³/mol. The van der Waals surface area contributed by atoms with Crippen molar-refractivity contribution in [2.24, 2.45) is 5.92 Å². The van der Waals surface area contributed by atoms with Crippen molar-refractivity contribution >= 4 is 34.4 Å². The third kappa shape index (κ3) is 6.82. The predicted octanol–water partition coefficient (Wildman–Crippen LogP) is 2.70. The highest BCUT2D eigenvalue weighted by atomic mass is 127. The van der Waals surface area contributed by atoms with Crippen LogP contribution in [0.25, 0.3) is 0 Å². The first-order valence-electron chi connectivity index (χ1n) is 12.5. The van der Waals surface area contributed by atoms with Crippen LogP contribution in [0.3, 0.4) is 0 Å². The Kier molecular flexibility index (Phi) is 9.44. The van der Waals surface area contributed by atoms with Gasteiger partial charge in [0, 0.05) is 31.0 Å². The fourth-order valence-corrected chi connectivity index (χ4v) is 5.14. The normalized spacial score (nSPS) is 21.1. The molecule has 2 aromatic carbocycles. The average Bonchev–Trinajstić information content (AvgIpc) is 3.76. The summed E-state index contributed by atoms with van der Waals surface area (Å²) < 4.78 is 12.6. The Morgan fingerprint density at radius 3 is 2.49 bits per heavy atom. The first-order chi connectivity index (χ1) is 17.9. The largest absolute Gasteiger partial charge is 0.496 e. The molecule has 8 nitrogen and oxygen atoms in total. The molecule has 0 heterocycles. The molecule has 4 rings (SSSR count). The lowest BCUT2D eigenvalue weighted by Gasteiger charge is -2.41. The maximum absolute atomic E-state index is 13.5. The Bertz CT molecular complexity index is 1140. The molecule has 2 aliphatic carbocycles. The van der Waals surface area contributed by atoms with Crippen molar-refractivity contribution in [3.05, 3.63) is 69.3 Å². The highest BCUT2D eigenvalue weighted by molar-refractivity contribution is 14.1. The number of aliphatic hydroxyl groups is 2. The van der Waals surface area contributed by atoms with E-state index in [2.05, 4.69) is 27.9 Å². The Labute approximate surface area is 230 Å². The molecule has 2 aliphatic rings. The highest BCUT2D eigenvalue weighted by Gasteiger charge is 2.43. The quantitative estimate of drug-likeness (QED) is 0.334. The molecule has 3 atom stereocenters. The summed E-state index contributed by atoms with van der Waals surface area (Å²) in [6.07, 6.45) is 2.16. The first kappa shape index (κ1) is 27.4. The molecule has 0 radical (unpaired) electrons. The highest BCUT2D eigenvalue weighted by Crippen LogP contribution is 2.35. The Hall–Kier alpha value is -2.63. The van der Waals surface area contributed by atoms with Gasteiger partial charge in [-0.2, -0.15) is 0 Å². The molecule has 2 amide bonds. The SMILES string of the molecule is COc1ccccc1CCN(C(=O)C1CC1)C1CC(C(=O)NCCO)=CC(Oc2ccccc2I)C1O. The second kappa shape index (κ2) is 12.7. The molecular formula is C28H33IN2O6. The number of benzene rings is 2. The number of halogens is 1. The molecule has 0 saturated heterocycles. The van der Waals surface area contributed by atoms with Crippen LogP contribution in [-0.4, -0.2) is 72.0 Å². The molecule has 0 aromatic heterocycles. The first-order valence-corrected chi connectivity index (χ1v) is 13.6. The summed E-state index contributed by atoms with van der Waals surface area (Å²) in [4.78, 5) is 28.1. The van der Waals surface area contributed by atoms with Crippen LogP contribution >= 0.6 is 22.6 Å². The minimum atomic E-state index is -1.04. The van der Waals surface area contributed by atoms with Crippen LogP contribution in [0.2, 0.25) is 0 Å². The van der Waals surface area contributed by atoms with Crippen LogP contribution in [0.1, 0.15) is 24.8 Å². The average molecular weight is 620 g/mol. The van der Waals surface area contributed by atoms with Crippen molar-refractivity contribution in [2.75, 3.05) is 26.8 Å². The second-order valence-corrected chi connectivity index (χ2v) is 10.5. The van der Waals surface area contributed by atoms with E-state index in [1.165, 1.54) is 0 Å². The lowest BCUT2D eigenvalue weighted by atomic mass is 9.87. The standard InChI is InChI=1S/C28H33IN2O6/c1-36-23-8-4-2-6-18(23)12-14-31(28(35)19-10-11-19)22-16-20(27(34)30-13-15-32)17-25(26(22)33)37-24-9-5-3-7-21(24)29/h2-9,17,19,22,25-26,32-33H,10-16H2,1H3,(H,30,34). The zero-order valence-electron chi connectivity index (χ0n) is 20.8. The number of para-hydroxylation sites is 2. The van der Waals surface area contributed by atoms with Crippen LogP contribution in [0.15, 0.2) is 60.2 Å². The van der Waals surface area contributed by atoms with Crippen molar-refractivity contribution < 1.29 is 29.3 Å². The number of aliphatic hydroxyl groups excluding tert-OH is 2. The molecule has 0 aliphatic heterocycles. The Morgan fingerprint density at radius 1 is 1.11 bits per heavy atom. The minimum Gasteiger partial charge on any atom is -0.496 e. The molecular weight excluding hydrogens is 587 g/mol. The van der Waals surface area contributed by atoms with Gasteiger partial charge in [0.25, 0.3) is 0 Å². The van der Waals surface area contributed by atoms with Gasteiger partial charge in [-0.25, -0.2) is 0 Å². The summed E-state index contributed by atoms with van der Waals surface area (Å²) in [5.74, 6) is 0.925. The van der Waals surface area contributed by atoms with E-state index in [1.54, 1.807) is 18.1 Å². The molecule has 2 aromatic rings. The number of nitrogens with zero attached hydrogens (tertiary/aromatic N) is 1. The van der Waals surface area contributed by atoms with Gasteiger partial charge in [0.15, 0.2) is 0 Å².